The number of rotatable bonds is 7. The molecular formula is C14H27N3S. The molecule has 0 aliphatic carbocycles. The van der Waals surface area contributed by atoms with E-state index in [0.717, 1.165) is 23.3 Å². The van der Waals surface area contributed by atoms with Gasteiger partial charge in [-0.05, 0) is 32.7 Å². The summed E-state index contributed by atoms with van der Waals surface area (Å²) >= 11 is 1.74. The number of thiazole rings is 1. The Morgan fingerprint density at radius 3 is 2.56 bits per heavy atom. The van der Waals surface area contributed by atoms with Crippen molar-refractivity contribution in [2.45, 2.75) is 53.1 Å². The molecule has 4 heteroatoms. The van der Waals surface area contributed by atoms with Crippen LogP contribution in [0.1, 0.15) is 52.8 Å². The molecule has 0 amide bonds. The Morgan fingerprint density at radius 2 is 2.00 bits per heavy atom. The third kappa shape index (κ3) is 4.25. The lowest BCUT2D eigenvalue weighted by Crippen LogP contribution is -2.30. The highest BCUT2D eigenvalue weighted by atomic mass is 32.1. The molecule has 3 nitrogen and oxygen atoms in total. The van der Waals surface area contributed by atoms with Crippen molar-refractivity contribution in [3.8, 4) is 0 Å². The Bertz CT molecular complexity index is 349. The predicted molar refractivity (Wildman–Crippen MR) is 81.5 cm³/mol. The molecule has 1 heterocycles. The summed E-state index contributed by atoms with van der Waals surface area (Å²) in [5.41, 5.74) is 1.15. The number of anilines is 1. The van der Waals surface area contributed by atoms with Gasteiger partial charge in [0.05, 0.1) is 5.69 Å². The van der Waals surface area contributed by atoms with Crippen LogP contribution >= 0.6 is 11.3 Å². The van der Waals surface area contributed by atoms with Gasteiger partial charge in [-0.25, -0.2) is 4.98 Å². The molecule has 0 fully saturated rings. The van der Waals surface area contributed by atoms with Crippen molar-refractivity contribution in [1.82, 2.24) is 10.3 Å². The van der Waals surface area contributed by atoms with Crippen molar-refractivity contribution in [2.24, 2.45) is 5.92 Å². The minimum atomic E-state index is 0.341. The molecule has 1 rings (SSSR count). The second-order valence-electron chi connectivity index (χ2n) is 5.42. The third-order valence-corrected chi connectivity index (χ3v) is 4.19. The smallest absolute Gasteiger partial charge is 0.185 e. The maximum Gasteiger partial charge on any atom is 0.185 e. The van der Waals surface area contributed by atoms with Crippen molar-refractivity contribution in [1.29, 1.82) is 0 Å². The van der Waals surface area contributed by atoms with Crippen LogP contribution in [0.2, 0.25) is 0 Å². The topological polar surface area (TPSA) is 28.2 Å². The van der Waals surface area contributed by atoms with Crippen molar-refractivity contribution in [3.63, 3.8) is 0 Å². The normalized spacial score (nSPS) is 14.8. The fourth-order valence-corrected chi connectivity index (χ4v) is 3.06. The van der Waals surface area contributed by atoms with E-state index in [2.05, 4.69) is 57.3 Å². The quantitative estimate of drug-likeness (QED) is 0.818. The summed E-state index contributed by atoms with van der Waals surface area (Å²) in [6.07, 6.45) is 1.20. The zero-order valence-electron chi connectivity index (χ0n) is 12.5. The van der Waals surface area contributed by atoms with E-state index in [0.29, 0.717) is 12.1 Å². The minimum Gasteiger partial charge on any atom is -0.348 e. The zero-order valence-corrected chi connectivity index (χ0v) is 13.3. The van der Waals surface area contributed by atoms with Gasteiger partial charge in [0.15, 0.2) is 5.13 Å². The monoisotopic (exact) mass is 269 g/mol. The largest absolute Gasteiger partial charge is 0.348 e. The van der Waals surface area contributed by atoms with E-state index in [1.54, 1.807) is 11.3 Å². The Morgan fingerprint density at radius 1 is 1.33 bits per heavy atom. The molecule has 0 spiro atoms. The van der Waals surface area contributed by atoms with E-state index in [-0.39, 0.29) is 0 Å². The highest BCUT2D eigenvalue weighted by molar-refractivity contribution is 7.13. The molecule has 2 atom stereocenters. The first kappa shape index (κ1) is 15.4. The Hall–Kier alpha value is -0.610. The van der Waals surface area contributed by atoms with Gasteiger partial charge >= 0.3 is 0 Å². The molecule has 0 saturated carbocycles. The van der Waals surface area contributed by atoms with E-state index in [4.69, 9.17) is 4.98 Å². The van der Waals surface area contributed by atoms with Crippen LogP contribution in [0.5, 0.6) is 0 Å². The average Bonchev–Trinajstić information content (AvgIpc) is 2.76. The molecule has 104 valence electrons. The lowest BCUT2D eigenvalue weighted by molar-refractivity contribution is 0.503. The molecule has 0 radical (unpaired) electrons. The van der Waals surface area contributed by atoms with E-state index >= 15 is 0 Å². The number of aromatic nitrogens is 1. The van der Waals surface area contributed by atoms with E-state index in [9.17, 15) is 0 Å². The number of nitrogens with one attached hydrogen (secondary N) is 1. The number of nitrogens with zero attached hydrogens (tertiary/aromatic N) is 2. The van der Waals surface area contributed by atoms with Gasteiger partial charge in [-0.15, -0.1) is 11.3 Å². The van der Waals surface area contributed by atoms with Crippen LogP contribution in [0.3, 0.4) is 0 Å². The molecular weight excluding hydrogens is 242 g/mol. The van der Waals surface area contributed by atoms with Gasteiger partial charge in [0.1, 0.15) is 0 Å². The third-order valence-electron chi connectivity index (χ3n) is 3.24. The lowest BCUT2D eigenvalue weighted by Gasteiger charge is -2.25. The highest BCUT2D eigenvalue weighted by Gasteiger charge is 2.16. The molecule has 18 heavy (non-hydrogen) atoms. The molecule has 1 aromatic rings. The number of hydrogen-bond donors (Lipinski definition) is 1. The van der Waals surface area contributed by atoms with Gasteiger partial charge < -0.3 is 10.2 Å². The average molecular weight is 269 g/mol. The second kappa shape index (κ2) is 7.10. The van der Waals surface area contributed by atoms with Crippen molar-refractivity contribution >= 4 is 16.5 Å². The van der Waals surface area contributed by atoms with Crippen molar-refractivity contribution in [3.05, 3.63) is 11.1 Å². The van der Waals surface area contributed by atoms with Gasteiger partial charge in [-0.1, -0.05) is 20.8 Å². The minimum absolute atomic E-state index is 0.341. The summed E-state index contributed by atoms with van der Waals surface area (Å²) < 4.78 is 0. The van der Waals surface area contributed by atoms with Crippen molar-refractivity contribution < 1.29 is 0 Å². The summed E-state index contributed by atoms with van der Waals surface area (Å²) in [7, 11) is 2.15. The van der Waals surface area contributed by atoms with E-state index in [1.807, 2.05) is 0 Å². The van der Waals surface area contributed by atoms with Crippen LogP contribution in [0.4, 0.5) is 5.13 Å². The summed E-state index contributed by atoms with van der Waals surface area (Å²) in [6.45, 7) is 12.1. The highest BCUT2D eigenvalue weighted by Crippen LogP contribution is 2.25. The van der Waals surface area contributed by atoms with Gasteiger partial charge in [0, 0.05) is 24.5 Å². The van der Waals surface area contributed by atoms with Crippen LogP contribution < -0.4 is 10.2 Å². The number of hydrogen-bond acceptors (Lipinski definition) is 4. The Kier molecular flexibility index (Phi) is 6.09. The first-order chi connectivity index (χ1) is 8.45. The molecule has 0 aromatic carbocycles. The Balaban J connectivity index is 2.66. The van der Waals surface area contributed by atoms with Gasteiger partial charge in [0.25, 0.3) is 0 Å². The zero-order chi connectivity index (χ0) is 13.7. The molecule has 0 aliphatic heterocycles. The van der Waals surface area contributed by atoms with E-state index < -0.39 is 0 Å². The SMILES string of the molecule is CCNC(C)c1csc(N(C)C(C)CC(C)C)n1. The first-order valence-electron chi connectivity index (χ1n) is 6.87. The molecule has 2 unspecified atom stereocenters. The maximum absolute atomic E-state index is 4.74. The summed E-state index contributed by atoms with van der Waals surface area (Å²) in [5, 5.41) is 6.70. The second-order valence-corrected chi connectivity index (χ2v) is 6.26. The summed E-state index contributed by atoms with van der Waals surface area (Å²) in [5.74, 6) is 0.725. The molecule has 1 N–H and O–H groups in total. The first-order valence-corrected chi connectivity index (χ1v) is 7.75. The van der Waals surface area contributed by atoms with E-state index in [1.165, 1.54) is 6.42 Å². The fraction of sp³-hybridized carbons (Fsp3) is 0.786. The standard InChI is InChI=1S/C14H27N3S/c1-7-15-12(5)13-9-18-14(16-13)17(6)11(4)8-10(2)3/h9-12,15H,7-8H2,1-6H3. The Labute approximate surface area is 116 Å². The summed E-state index contributed by atoms with van der Waals surface area (Å²) in [4.78, 5) is 7.04. The maximum atomic E-state index is 4.74. The van der Waals surface area contributed by atoms with Crippen LogP contribution in [0.15, 0.2) is 5.38 Å². The van der Waals surface area contributed by atoms with Crippen LogP contribution in [-0.4, -0.2) is 24.6 Å². The van der Waals surface area contributed by atoms with Crippen LogP contribution in [-0.2, 0) is 0 Å². The molecule has 0 aliphatic rings. The molecule has 0 saturated heterocycles. The molecule has 0 bridgehead atoms. The summed E-state index contributed by atoms with van der Waals surface area (Å²) in [6, 6.07) is 0.882. The van der Waals surface area contributed by atoms with Gasteiger partial charge in [0.2, 0.25) is 0 Å². The fourth-order valence-electron chi connectivity index (χ4n) is 2.08. The lowest BCUT2D eigenvalue weighted by atomic mass is 10.0. The van der Waals surface area contributed by atoms with Crippen LogP contribution in [0, 0.1) is 5.92 Å². The van der Waals surface area contributed by atoms with Gasteiger partial charge in [-0.2, -0.15) is 0 Å². The van der Waals surface area contributed by atoms with Gasteiger partial charge in [-0.3, -0.25) is 0 Å². The predicted octanol–water partition coefficient (Wildman–Crippen LogP) is 3.68. The molecule has 1 aromatic heterocycles. The van der Waals surface area contributed by atoms with Crippen LogP contribution in [0.25, 0.3) is 0 Å². The van der Waals surface area contributed by atoms with Crippen molar-refractivity contribution in [2.75, 3.05) is 18.5 Å².